The van der Waals surface area contributed by atoms with Crippen LogP contribution in [0.25, 0.3) is 0 Å². The molecule has 0 saturated heterocycles. The molecule has 90 valence electrons. The third-order valence-corrected chi connectivity index (χ3v) is 3.99. The summed E-state index contributed by atoms with van der Waals surface area (Å²) in [7, 11) is 1.63. The van der Waals surface area contributed by atoms with E-state index >= 15 is 0 Å². The fraction of sp³-hybridized carbons (Fsp3) is 0.500. The Morgan fingerprint density at radius 1 is 1.24 bits per heavy atom. The number of nitrogens with one attached hydrogen (secondary N) is 1. The maximum atomic E-state index is 12.5. The van der Waals surface area contributed by atoms with Gasteiger partial charge in [-0.3, -0.25) is 4.79 Å². The molecule has 2 aliphatic rings. The number of carbonyl (C=O) groups is 1. The van der Waals surface area contributed by atoms with E-state index in [1.165, 1.54) is 6.42 Å². The third kappa shape index (κ3) is 1.53. The van der Waals surface area contributed by atoms with Crippen molar-refractivity contribution in [1.29, 1.82) is 0 Å². The number of hydrogen-bond acceptors (Lipinski definition) is 3. The maximum absolute atomic E-state index is 12.5. The second kappa shape index (κ2) is 3.76. The van der Waals surface area contributed by atoms with Gasteiger partial charge in [-0.2, -0.15) is 0 Å². The molecule has 0 unspecified atom stereocenters. The van der Waals surface area contributed by atoms with Crippen molar-refractivity contribution in [2.75, 3.05) is 12.4 Å². The summed E-state index contributed by atoms with van der Waals surface area (Å²) in [5.74, 6) is 1.01. The van der Waals surface area contributed by atoms with E-state index in [4.69, 9.17) is 4.74 Å². The Kier molecular flexibility index (Phi) is 2.35. The molecule has 0 aromatic heterocycles. The third-order valence-electron chi connectivity index (χ3n) is 3.99. The van der Waals surface area contributed by atoms with Crippen LogP contribution in [-0.2, 0) is 0 Å². The molecule has 1 N–H and O–H groups in total. The number of ketones is 1. The van der Waals surface area contributed by atoms with Crippen LogP contribution in [0.3, 0.4) is 0 Å². The van der Waals surface area contributed by atoms with E-state index in [2.05, 4.69) is 5.32 Å². The summed E-state index contributed by atoms with van der Waals surface area (Å²) in [5.41, 5.74) is 1.45. The summed E-state index contributed by atoms with van der Waals surface area (Å²) < 4.78 is 5.18. The molecule has 3 nitrogen and oxygen atoms in total. The van der Waals surface area contributed by atoms with Gasteiger partial charge >= 0.3 is 0 Å². The number of methoxy groups -OCH3 is 1. The summed E-state index contributed by atoms with van der Waals surface area (Å²) in [6.45, 7) is 0. The van der Waals surface area contributed by atoms with E-state index in [1.54, 1.807) is 7.11 Å². The minimum atomic E-state index is -0.313. The quantitative estimate of drug-likeness (QED) is 0.807. The molecule has 1 spiro atoms. The monoisotopic (exact) mass is 231 g/mol. The first-order chi connectivity index (χ1) is 8.25. The highest BCUT2D eigenvalue weighted by atomic mass is 16.5. The zero-order valence-electron chi connectivity index (χ0n) is 10.1. The number of carbonyl (C=O) groups excluding carboxylic acids is 1. The Morgan fingerprint density at radius 3 is 2.71 bits per heavy atom. The molecule has 0 bridgehead atoms. The fourth-order valence-corrected chi connectivity index (χ4v) is 3.03. The molecule has 0 atom stereocenters. The summed E-state index contributed by atoms with van der Waals surface area (Å²) in [4.78, 5) is 12.5. The molecule has 1 aromatic carbocycles. The zero-order chi connectivity index (χ0) is 11.9. The minimum absolute atomic E-state index is 0.256. The van der Waals surface area contributed by atoms with Gasteiger partial charge in [0.1, 0.15) is 11.3 Å². The van der Waals surface area contributed by atoms with Gasteiger partial charge in [0, 0.05) is 11.3 Å². The average Bonchev–Trinajstić information content (AvgIpc) is 2.63. The van der Waals surface area contributed by atoms with Crippen molar-refractivity contribution in [3.63, 3.8) is 0 Å². The van der Waals surface area contributed by atoms with Crippen molar-refractivity contribution < 1.29 is 9.53 Å². The first-order valence-corrected chi connectivity index (χ1v) is 6.26. The Bertz CT molecular complexity index is 461. The molecule has 0 radical (unpaired) electrons. The highest BCUT2D eigenvalue weighted by Crippen LogP contribution is 2.42. The molecule has 1 saturated carbocycles. The summed E-state index contributed by atoms with van der Waals surface area (Å²) in [5, 5.41) is 3.45. The summed E-state index contributed by atoms with van der Waals surface area (Å²) in [6.07, 6.45) is 5.45. The topological polar surface area (TPSA) is 38.3 Å². The van der Waals surface area contributed by atoms with Crippen LogP contribution >= 0.6 is 0 Å². The SMILES string of the molecule is COc1ccc2c(c1)C(=O)C1(CCCCC1)N2. The first-order valence-electron chi connectivity index (χ1n) is 6.26. The van der Waals surface area contributed by atoms with Gasteiger partial charge in [0.15, 0.2) is 5.78 Å². The van der Waals surface area contributed by atoms with Crippen LogP contribution in [0.5, 0.6) is 5.75 Å². The van der Waals surface area contributed by atoms with Crippen LogP contribution in [0.2, 0.25) is 0 Å². The number of Topliss-reactive ketones (excluding diaryl/α,β-unsaturated/α-hetero) is 1. The van der Waals surface area contributed by atoms with Crippen molar-refractivity contribution in [1.82, 2.24) is 0 Å². The van der Waals surface area contributed by atoms with Crippen molar-refractivity contribution >= 4 is 11.5 Å². The van der Waals surface area contributed by atoms with E-state index in [9.17, 15) is 4.79 Å². The highest BCUT2D eigenvalue weighted by Gasteiger charge is 2.45. The predicted molar refractivity (Wildman–Crippen MR) is 66.8 cm³/mol. The maximum Gasteiger partial charge on any atom is 0.190 e. The zero-order valence-corrected chi connectivity index (χ0v) is 10.1. The lowest BCUT2D eigenvalue weighted by Crippen LogP contribution is -2.43. The lowest BCUT2D eigenvalue weighted by Gasteiger charge is -2.32. The van der Waals surface area contributed by atoms with Crippen LogP contribution in [-0.4, -0.2) is 18.4 Å². The average molecular weight is 231 g/mol. The van der Waals surface area contributed by atoms with E-state index in [0.717, 1.165) is 42.7 Å². The number of rotatable bonds is 1. The summed E-state index contributed by atoms with van der Waals surface area (Å²) in [6, 6.07) is 5.71. The van der Waals surface area contributed by atoms with Crippen LogP contribution in [0.15, 0.2) is 18.2 Å². The smallest absolute Gasteiger partial charge is 0.190 e. The molecule has 0 amide bonds. The molecular weight excluding hydrogens is 214 g/mol. The van der Waals surface area contributed by atoms with Crippen molar-refractivity contribution in [2.45, 2.75) is 37.6 Å². The molecule has 1 aliphatic heterocycles. The molecule has 1 heterocycles. The molecule has 1 aliphatic carbocycles. The highest BCUT2D eigenvalue weighted by molar-refractivity contribution is 6.13. The Morgan fingerprint density at radius 2 is 2.00 bits per heavy atom. The van der Waals surface area contributed by atoms with Gasteiger partial charge in [-0.1, -0.05) is 19.3 Å². The van der Waals surface area contributed by atoms with Gasteiger partial charge in [0.25, 0.3) is 0 Å². The summed E-state index contributed by atoms with van der Waals surface area (Å²) >= 11 is 0. The molecule has 3 rings (SSSR count). The number of fused-ring (bicyclic) bond motifs is 1. The lowest BCUT2D eigenvalue weighted by atomic mass is 9.79. The van der Waals surface area contributed by atoms with Crippen LogP contribution < -0.4 is 10.1 Å². The molecule has 1 fully saturated rings. The van der Waals surface area contributed by atoms with E-state index < -0.39 is 0 Å². The number of anilines is 1. The molecular formula is C14H17NO2. The number of ether oxygens (including phenoxy) is 1. The second-order valence-corrected chi connectivity index (χ2v) is 5.01. The fourth-order valence-electron chi connectivity index (χ4n) is 3.03. The second-order valence-electron chi connectivity index (χ2n) is 5.01. The molecule has 17 heavy (non-hydrogen) atoms. The van der Waals surface area contributed by atoms with E-state index in [0.29, 0.717) is 0 Å². The van der Waals surface area contributed by atoms with Gasteiger partial charge in [0.05, 0.1) is 7.11 Å². The molecule has 1 aromatic rings. The van der Waals surface area contributed by atoms with Crippen LogP contribution in [0.4, 0.5) is 5.69 Å². The Hall–Kier alpha value is -1.51. The van der Waals surface area contributed by atoms with Gasteiger partial charge < -0.3 is 10.1 Å². The van der Waals surface area contributed by atoms with Crippen molar-refractivity contribution in [2.24, 2.45) is 0 Å². The van der Waals surface area contributed by atoms with Crippen LogP contribution in [0.1, 0.15) is 42.5 Å². The first kappa shape index (κ1) is 10.6. The Balaban J connectivity index is 1.99. The lowest BCUT2D eigenvalue weighted by molar-refractivity contribution is 0.0886. The van der Waals surface area contributed by atoms with Crippen molar-refractivity contribution in [3.8, 4) is 5.75 Å². The normalized spacial score (nSPS) is 21.1. The van der Waals surface area contributed by atoms with Gasteiger partial charge in [-0.05, 0) is 31.0 Å². The molecule has 3 heteroatoms. The number of hydrogen-bond donors (Lipinski definition) is 1. The van der Waals surface area contributed by atoms with Gasteiger partial charge in [-0.15, -0.1) is 0 Å². The van der Waals surface area contributed by atoms with Crippen LogP contribution in [0, 0.1) is 0 Å². The Labute approximate surface area is 101 Å². The van der Waals surface area contributed by atoms with E-state index in [-0.39, 0.29) is 11.3 Å². The predicted octanol–water partition coefficient (Wildman–Crippen LogP) is 3.01. The van der Waals surface area contributed by atoms with Gasteiger partial charge in [0.2, 0.25) is 0 Å². The standard InChI is InChI=1S/C14H17NO2/c1-17-10-5-6-12-11(9-10)13(16)14(15-12)7-3-2-4-8-14/h5-6,9,15H,2-4,7-8H2,1H3. The van der Waals surface area contributed by atoms with Crippen molar-refractivity contribution in [3.05, 3.63) is 23.8 Å². The van der Waals surface area contributed by atoms with E-state index in [1.807, 2.05) is 18.2 Å². The minimum Gasteiger partial charge on any atom is -0.497 e. The largest absolute Gasteiger partial charge is 0.497 e. The number of benzene rings is 1. The van der Waals surface area contributed by atoms with Gasteiger partial charge in [-0.25, -0.2) is 0 Å².